The first-order valence-corrected chi connectivity index (χ1v) is 5.32. The molecule has 1 nitrogen and oxygen atoms in total. The van der Waals surface area contributed by atoms with E-state index in [4.69, 9.17) is 17.3 Å². The fraction of sp³-hybridized carbons (Fsp3) is 0.0769. The Labute approximate surface area is 111 Å². The van der Waals surface area contributed by atoms with Crippen molar-refractivity contribution in [3.05, 3.63) is 70.5 Å². The first-order chi connectivity index (χ1) is 7.70. The van der Waals surface area contributed by atoms with Gasteiger partial charge in [0.2, 0.25) is 0 Å². The molecule has 2 aromatic carbocycles. The van der Waals surface area contributed by atoms with E-state index in [1.54, 1.807) is 12.1 Å². The standard InChI is InChI=1S/C13H11ClFN.ClH/c14-12-10(7-4-8-11(12)15)13(16)9-5-2-1-3-6-9;/h1-8,13H,16H2;1H. The maximum atomic E-state index is 13.3. The molecule has 2 aromatic rings. The van der Waals surface area contributed by atoms with Gasteiger partial charge in [0.05, 0.1) is 11.1 Å². The molecule has 4 heteroatoms. The minimum atomic E-state index is -0.439. The van der Waals surface area contributed by atoms with Crippen molar-refractivity contribution in [1.82, 2.24) is 0 Å². The zero-order valence-corrected chi connectivity index (χ0v) is 10.5. The van der Waals surface area contributed by atoms with E-state index in [2.05, 4.69) is 0 Å². The predicted molar refractivity (Wildman–Crippen MR) is 71.1 cm³/mol. The largest absolute Gasteiger partial charge is 0.320 e. The Balaban J connectivity index is 0.00000144. The Morgan fingerprint density at radius 1 is 1.00 bits per heavy atom. The van der Waals surface area contributed by atoms with Gasteiger partial charge in [-0.25, -0.2) is 4.39 Å². The molecule has 17 heavy (non-hydrogen) atoms. The molecular formula is C13H12Cl2FN. The van der Waals surface area contributed by atoms with Crippen molar-refractivity contribution in [3.63, 3.8) is 0 Å². The molecule has 0 bridgehead atoms. The lowest BCUT2D eigenvalue weighted by Crippen LogP contribution is -2.12. The Morgan fingerprint density at radius 3 is 2.29 bits per heavy atom. The zero-order valence-electron chi connectivity index (χ0n) is 8.94. The topological polar surface area (TPSA) is 26.0 Å². The van der Waals surface area contributed by atoms with Crippen molar-refractivity contribution in [3.8, 4) is 0 Å². The highest BCUT2D eigenvalue weighted by atomic mass is 35.5. The van der Waals surface area contributed by atoms with Crippen molar-refractivity contribution in [2.45, 2.75) is 6.04 Å². The second-order valence-electron chi connectivity index (χ2n) is 3.53. The molecule has 0 fully saturated rings. The number of hydrogen-bond donors (Lipinski definition) is 1. The lowest BCUT2D eigenvalue weighted by molar-refractivity contribution is 0.624. The van der Waals surface area contributed by atoms with Gasteiger partial charge in [-0.05, 0) is 17.2 Å². The first-order valence-electron chi connectivity index (χ1n) is 4.94. The molecule has 0 saturated carbocycles. The Bertz CT molecular complexity index is 488. The molecule has 0 aromatic heterocycles. The van der Waals surface area contributed by atoms with E-state index in [0.29, 0.717) is 5.56 Å². The Hall–Kier alpha value is -1.09. The molecule has 0 saturated heterocycles. The molecule has 90 valence electrons. The van der Waals surface area contributed by atoms with Crippen molar-refractivity contribution >= 4 is 24.0 Å². The van der Waals surface area contributed by atoms with E-state index >= 15 is 0 Å². The van der Waals surface area contributed by atoms with Gasteiger partial charge in [0.25, 0.3) is 0 Å². The van der Waals surface area contributed by atoms with Crippen LogP contribution in [0.1, 0.15) is 17.2 Å². The third kappa shape index (κ3) is 2.97. The quantitative estimate of drug-likeness (QED) is 0.880. The van der Waals surface area contributed by atoms with Crippen molar-refractivity contribution in [2.75, 3.05) is 0 Å². The van der Waals surface area contributed by atoms with Crippen LogP contribution < -0.4 is 5.73 Å². The molecule has 0 aliphatic rings. The van der Waals surface area contributed by atoms with E-state index in [1.165, 1.54) is 6.07 Å². The molecule has 0 heterocycles. The van der Waals surface area contributed by atoms with Crippen LogP contribution in [0, 0.1) is 5.82 Å². The summed E-state index contributed by atoms with van der Waals surface area (Å²) in [6.45, 7) is 0. The highest BCUT2D eigenvalue weighted by Crippen LogP contribution is 2.28. The van der Waals surface area contributed by atoms with Gasteiger partial charge in [0, 0.05) is 0 Å². The summed E-state index contributed by atoms with van der Waals surface area (Å²) in [5, 5.41) is 0.0962. The van der Waals surface area contributed by atoms with Crippen LogP contribution in [0.25, 0.3) is 0 Å². The van der Waals surface area contributed by atoms with Gasteiger partial charge in [-0.15, -0.1) is 12.4 Å². The van der Waals surface area contributed by atoms with Gasteiger partial charge >= 0.3 is 0 Å². The predicted octanol–water partition coefficient (Wildman–Crippen LogP) is 3.95. The average molecular weight is 272 g/mol. The second kappa shape index (κ2) is 6.01. The van der Waals surface area contributed by atoms with E-state index < -0.39 is 11.9 Å². The molecule has 0 spiro atoms. The lowest BCUT2D eigenvalue weighted by Gasteiger charge is -2.14. The summed E-state index contributed by atoms with van der Waals surface area (Å²) >= 11 is 5.88. The van der Waals surface area contributed by atoms with Gasteiger partial charge in [0.1, 0.15) is 5.82 Å². The van der Waals surface area contributed by atoms with Crippen LogP contribution in [-0.2, 0) is 0 Å². The molecule has 1 atom stereocenters. The van der Waals surface area contributed by atoms with E-state index in [-0.39, 0.29) is 17.4 Å². The van der Waals surface area contributed by atoms with Crippen LogP contribution in [0.2, 0.25) is 5.02 Å². The number of nitrogens with two attached hydrogens (primary N) is 1. The summed E-state index contributed by atoms with van der Waals surface area (Å²) in [6.07, 6.45) is 0. The highest BCUT2D eigenvalue weighted by Gasteiger charge is 2.14. The third-order valence-corrected chi connectivity index (χ3v) is 2.87. The number of halogens is 3. The minimum absolute atomic E-state index is 0. The summed E-state index contributed by atoms with van der Waals surface area (Å²) in [5.41, 5.74) is 7.55. The van der Waals surface area contributed by atoms with Crippen LogP contribution >= 0.6 is 24.0 Å². The van der Waals surface area contributed by atoms with Gasteiger partial charge in [0.15, 0.2) is 0 Å². The van der Waals surface area contributed by atoms with E-state index in [9.17, 15) is 4.39 Å². The molecule has 0 aliphatic heterocycles. The summed E-state index contributed by atoms with van der Waals surface area (Å²) < 4.78 is 13.3. The molecule has 0 aliphatic carbocycles. The Morgan fingerprint density at radius 2 is 1.65 bits per heavy atom. The highest BCUT2D eigenvalue weighted by molar-refractivity contribution is 6.31. The monoisotopic (exact) mass is 271 g/mol. The molecule has 2 rings (SSSR count). The molecular weight excluding hydrogens is 260 g/mol. The number of hydrogen-bond acceptors (Lipinski definition) is 1. The second-order valence-corrected chi connectivity index (χ2v) is 3.91. The molecule has 0 radical (unpaired) electrons. The van der Waals surface area contributed by atoms with Gasteiger partial charge in [-0.2, -0.15) is 0 Å². The van der Waals surface area contributed by atoms with Crippen LogP contribution in [0.15, 0.2) is 48.5 Å². The molecule has 0 amide bonds. The lowest BCUT2D eigenvalue weighted by atomic mass is 9.99. The zero-order chi connectivity index (χ0) is 11.5. The van der Waals surface area contributed by atoms with Crippen LogP contribution in [-0.4, -0.2) is 0 Å². The average Bonchev–Trinajstić information content (AvgIpc) is 2.33. The Kier molecular flexibility index (Phi) is 4.94. The number of rotatable bonds is 2. The fourth-order valence-corrected chi connectivity index (χ4v) is 1.84. The van der Waals surface area contributed by atoms with Crippen molar-refractivity contribution < 1.29 is 4.39 Å². The van der Waals surface area contributed by atoms with Crippen LogP contribution in [0.5, 0.6) is 0 Å². The van der Waals surface area contributed by atoms with Gasteiger partial charge < -0.3 is 5.73 Å². The van der Waals surface area contributed by atoms with Crippen molar-refractivity contribution in [2.24, 2.45) is 5.73 Å². The maximum Gasteiger partial charge on any atom is 0.142 e. The minimum Gasteiger partial charge on any atom is -0.320 e. The summed E-state index contributed by atoms with van der Waals surface area (Å²) in [7, 11) is 0. The SMILES string of the molecule is Cl.NC(c1ccccc1)c1cccc(F)c1Cl. The van der Waals surface area contributed by atoms with E-state index in [1.807, 2.05) is 30.3 Å². The third-order valence-electron chi connectivity index (χ3n) is 2.48. The number of benzene rings is 2. The van der Waals surface area contributed by atoms with Gasteiger partial charge in [-0.3, -0.25) is 0 Å². The molecule has 2 N–H and O–H groups in total. The molecule has 1 unspecified atom stereocenters. The maximum absolute atomic E-state index is 13.3. The first kappa shape index (κ1) is 14.0. The fourth-order valence-electron chi connectivity index (χ4n) is 1.60. The smallest absolute Gasteiger partial charge is 0.142 e. The van der Waals surface area contributed by atoms with Gasteiger partial charge in [-0.1, -0.05) is 54.1 Å². The van der Waals surface area contributed by atoms with Crippen LogP contribution in [0.3, 0.4) is 0 Å². The summed E-state index contributed by atoms with van der Waals surface area (Å²) in [4.78, 5) is 0. The normalized spacial score (nSPS) is 11.7. The summed E-state index contributed by atoms with van der Waals surface area (Å²) in [6, 6.07) is 13.8. The summed E-state index contributed by atoms with van der Waals surface area (Å²) in [5.74, 6) is -0.439. The van der Waals surface area contributed by atoms with E-state index in [0.717, 1.165) is 5.56 Å². The van der Waals surface area contributed by atoms with Crippen molar-refractivity contribution in [1.29, 1.82) is 0 Å². The van der Waals surface area contributed by atoms with Crippen LogP contribution in [0.4, 0.5) is 4.39 Å².